The van der Waals surface area contributed by atoms with E-state index >= 15 is 0 Å². The van der Waals surface area contributed by atoms with Crippen LogP contribution in [0.25, 0.3) is 16.6 Å². The van der Waals surface area contributed by atoms with Gasteiger partial charge in [-0.1, -0.05) is 11.6 Å². The van der Waals surface area contributed by atoms with E-state index in [4.69, 9.17) is 22.1 Å². The molecule has 2 fully saturated rings. The summed E-state index contributed by atoms with van der Waals surface area (Å²) in [6.07, 6.45) is 3.58. The number of aromatic amines is 1. The van der Waals surface area contributed by atoms with Gasteiger partial charge in [0.05, 0.1) is 24.5 Å². The van der Waals surface area contributed by atoms with E-state index in [-0.39, 0.29) is 11.5 Å². The Bertz CT molecular complexity index is 1290. The highest BCUT2D eigenvalue weighted by atomic mass is 35.5. The summed E-state index contributed by atoms with van der Waals surface area (Å²) in [6.45, 7) is 3.19. The Balaban J connectivity index is 1.25. The smallest absolute Gasteiger partial charge is 0.257 e. The number of carbonyl (C=O) groups excluding carboxylic acids is 1. The number of H-pyrrole nitrogens is 1. The summed E-state index contributed by atoms with van der Waals surface area (Å²) in [5, 5.41) is 4.47. The number of aromatic nitrogens is 1. The molecule has 3 aromatic rings. The lowest BCUT2D eigenvalue weighted by Crippen LogP contribution is -2.52. The first-order valence-electron chi connectivity index (χ1n) is 10.9. The Hall–Kier alpha value is -3.29. The fraction of sp³-hybridized carbons (Fsp3) is 0.280. The molecule has 0 atom stereocenters. The summed E-state index contributed by atoms with van der Waals surface area (Å²) in [7, 11) is 0. The maximum absolute atomic E-state index is 12.8. The molecular formula is C25H25ClN4O3. The monoisotopic (exact) mass is 464 g/mol. The fourth-order valence-electron chi connectivity index (χ4n) is 4.39. The summed E-state index contributed by atoms with van der Waals surface area (Å²) in [4.78, 5) is 30.0. The number of nitrogens with two attached hydrogens (primary N) is 1. The molecule has 1 amide bonds. The molecule has 0 unspecified atom stereocenters. The first-order chi connectivity index (χ1) is 15.9. The van der Waals surface area contributed by atoms with E-state index in [9.17, 15) is 9.59 Å². The van der Waals surface area contributed by atoms with E-state index in [1.807, 2.05) is 17.0 Å². The quantitative estimate of drug-likeness (QED) is 0.545. The van der Waals surface area contributed by atoms with Gasteiger partial charge in [0.1, 0.15) is 0 Å². The van der Waals surface area contributed by atoms with Crippen LogP contribution in [0.2, 0.25) is 5.02 Å². The van der Waals surface area contributed by atoms with Gasteiger partial charge in [-0.05, 0) is 61.4 Å². The molecule has 0 aliphatic carbocycles. The second-order valence-electron chi connectivity index (χ2n) is 8.85. The van der Waals surface area contributed by atoms with Crippen LogP contribution in [-0.2, 0) is 4.74 Å². The molecule has 3 heterocycles. The Morgan fingerprint density at radius 3 is 2.52 bits per heavy atom. The molecule has 2 saturated heterocycles. The van der Waals surface area contributed by atoms with Gasteiger partial charge < -0.3 is 25.7 Å². The van der Waals surface area contributed by atoms with E-state index in [1.165, 1.54) is 0 Å². The van der Waals surface area contributed by atoms with Crippen LogP contribution in [0.4, 0.5) is 5.69 Å². The van der Waals surface area contributed by atoms with E-state index in [0.717, 1.165) is 50.2 Å². The standard InChI is InChI=1S/C25H25ClN4O3/c26-18-3-6-22-17(11-18)12-20(23(31)29-22)21(27)13-28-19-4-1-16(2-5-19)24(32)30-9-7-25(8-10-30)14-33-15-25/h1-6,11-13,28H,7-10,14-15,27H2,(H,29,31)/b21-13-. The minimum atomic E-state index is -0.280. The van der Waals surface area contributed by atoms with Gasteiger partial charge in [0.2, 0.25) is 0 Å². The second kappa shape index (κ2) is 8.57. The van der Waals surface area contributed by atoms with Gasteiger partial charge in [0, 0.05) is 51.9 Å². The highest BCUT2D eigenvalue weighted by Gasteiger charge is 2.42. The van der Waals surface area contributed by atoms with Gasteiger partial charge in [-0.2, -0.15) is 0 Å². The molecular weight excluding hydrogens is 440 g/mol. The van der Waals surface area contributed by atoms with Crippen molar-refractivity contribution in [3.8, 4) is 0 Å². The zero-order valence-electron chi connectivity index (χ0n) is 18.1. The average molecular weight is 465 g/mol. The third-order valence-electron chi connectivity index (χ3n) is 6.57. The molecule has 2 aromatic carbocycles. The number of hydrogen-bond acceptors (Lipinski definition) is 5. The Labute approximate surface area is 196 Å². The molecule has 5 rings (SSSR count). The molecule has 170 valence electrons. The van der Waals surface area contributed by atoms with Crippen molar-refractivity contribution in [2.45, 2.75) is 12.8 Å². The highest BCUT2D eigenvalue weighted by Crippen LogP contribution is 2.38. The minimum absolute atomic E-state index is 0.0491. The van der Waals surface area contributed by atoms with Crippen LogP contribution >= 0.6 is 11.6 Å². The molecule has 0 saturated carbocycles. The molecule has 4 N–H and O–H groups in total. The minimum Gasteiger partial charge on any atom is -0.397 e. The first kappa shape index (κ1) is 21.6. The Kier molecular flexibility index (Phi) is 5.60. The Morgan fingerprint density at radius 2 is 1.85 bits per heavy atom. The molecule has 0 bridgehead atoms. The van der Waals surface area contributed by atoms with Crippen LogP contribution in [0.5, 0.6) is 0 Å². The number of piperidine rings is 1. The summed E-state index contributed by atoms with van der Waals surface area (Å²) in [5.74, 6) is 0.0491. The molecule has 1 spiro atoms. The number of hydrogen-bond donors (Lipinski definition) is 3. The number of carbonyl (C=O) groups is 1. The summed E-state index contributed by atoms with van der Waals surface area (Å²) < 4.78 is 5.36. The van der Waals surface area contributed by atoms with E-state index in [2.05, 4.69) is 10.3 Å². The lowest BCUT2D eigenvalue weighted by molar-refractivity contribution is -0.136. The van der Waals surface area contributed by atoms with Crippen molar-refractivity contribution in [2.24, 2.45) is 11.1 Å². The number of benzene rings is 2. The molecule has 8 heteroatoms. The third-order valence-corrected chi connectivity index (χ3v) is 6.81. The van der Waals surface area contributed by atoms with Gasteiger partial charge in [0.15, 0.2) is 0 Å². The number of amides is 1. The van der Waals surface area contributed by atoms with Crippen LogP contribution in [0.3, 0.4) is 0 Å². The number of anilines is 1. The summed E-state index contributed by atoms with van der Waals surface area (Å²) in [6, 6.07) is 14.2. The maximum Gasteiger partial charge on any atom is 0.257 e. The number of halogens is 1. The van der Waals surface area contributed by atoms with Crippen molar-refractivity contribution >= 4 is 39.8 Å². The molecule has 0 radical (unpaired) electrons. The van der Waals surface area contributed by atoms with Crippen LogP contribution in [0, 0.1) is 5.41 Å². The van der Waals surface area contributed by atoms with Crippen LogP contribution in [0.1, 0.15) is 28.8 Å². The van der Waals surface area contributed by atoms with E-state index in [0.29, 0.717) is 32.8 Å². The summed E-state index contributed by atoms with van der Waals surface area (Å²) in [5.41, 5.74) is 8.94. The fourth-order valence-corrected chi connectivity index (χ4v) is 4.57. The third kappa shape index (κ3) is 4.34. The maximum atomic E-state index is 12.8. The zero-order valence-corrected chi connectivity index (χ0v) is 18.8. The van der Waals surface area contributed by atoms with Crippen molar-refractivity contribution in [3.05, 3.63) is 81.2 Å². The van der Waals surface area contributed by atoms with Gasteiger partial charge >= 0.3 is 0 Å². The van der Waals surface area contributed by atoms with Gasteiger partial charge in [-0.3, -0.25) is 9.59 Å². The number of fused-ring (bicyclic) bond motifs is 1. The number of pyridine rings is 1. The second-order valence-corrected chi connectivity index (χ2v) is 9.29. The number of likely N-dealkylation sites (tertiary alicyclic amines) is 1. The number of nitrogens with one attached hydrogen (secondary N) is 2. The predicted octanol–water partition coefficient (Wildman–Crippen LogP) is 3.80. The summed E-state index contributed by atoms with van der Waals surface area (Å²) >= 11 is 6.06. The lowest BCUT2D eigenvalue weighted by Gasteiger charge is -2.47. The molecule has 2 aliphatic heterocycles. The molecule has 2 aliphatic rings. The van der Waals surface area contributed by atoms with Crippen LogP contribution < -0.4 is 16.6 Å². The van der Waals surface area contributed by atoms with Crippen molar-refractivity contribution < 1.29 is 9.53 Å². The molecule has 7 nitrogen and oxygen atoms in total. The average Bonchev–Trinajstić information content (AvgIpc) is 2.81. The van der Waals surface area contributed by atoms with Crippen molar-refractivity contribution in [3.63, 3.8) is 0 Å². The van der Waals surface area contributed by atoms with Crippen molar-refractivity contribution in [1.29, 1.82) is 0 Å². The SMILES string of the molecule is N/C(=C\Nc1ccc(C(=O)N2CCC3(CC2)COC3)cc1)c1cc2cc(Cl)ccc2[nH]c1=O. The number of ether oxygens (including phenoxy) is 1. The van der Waals surface area contributed by atoms with Crippen LogP contribution in [0.15, 0.2) is 59.5 Å². The van der Waals surface area contributed by atoms with Crippen molar-refractivity contribution in [1.82, 2.24) is 9.88 Å². The zero-order chi connectivity index (χ0) is 23.0. The van der Waals surface area contributed by atoms with Gasteiger partial charge in [-0.15, -0.1) is 0 Å². The molecule has 33 heavy (non-hydrogen) atoms. The predicted molar refractivity (Wildman–Crippen MR) is 130 cm³/mol. The van der Waals surface area contributed by atoms with E-state index < -0.39 is 0 Å². The number of rotatable bonds is 4. The van der Waals surface area contributed by atoms with Gasteiger partial charge in [0.25, 0.3) is 11.5 Å². The van der Waals surface area contributed by atoms with E-state index in [1.54, 1.807) is 42.6 Å². The molecule has 1 aromatic heterocycles. The van der Waals surface area contributed by atoms with Gasteiger partial charge in [-0.25, -0.2) is 0 Å². The largest absolute Gasteiger partial charge is 0.397 e. The normalized spacial score (nSPS) is 17.7. The first-order valence-corrected chi connectivity index (χ1v) is 11.3. The van der Waals surface area contributed by atoms with Crippen molar-refractivity contribution in [2.75, 3.05) is 31.6 Å². The topological polar surface area (TPSA) is 100 Å². The highest BCUT2D eigenvalue weighted by molar-refractivity contribution is 6.31. The lowest BCUT2D eigenvalue weighted by atomic mass is 9.77. The Morgan fingerprint density at radius 1 is 1.12 bits per heavy atom. The number of nitrogens with zero attached hydrogens (tertiary/aromatic N) is 1. The van der Waals surface area contributed by atoms with Crippen LogP contribution in [-0.4, -0.2) is 42.1 Å².